The van der Waals surface area contributed by atoms with E-state index in [9.17, 15) is 0 Å². The first-order valence-corrected chi connectivity index (χ1v) is 3.74. The van der Waals surface area contributed by atoms with Crippen LogP contribution in [-0.4, -0.2) is 5.10 Å². The van der Waals surface area contributed by atoms with Gasteiger partial charge in [-0.3, -0.25) is 0 Å². The molecular formula is C8H13BrN2. The van der Waals surface area contributed by atoms with Crippen LogP contribution in [0.15, 0.2) is 24.5 Å². The number of halogens is 1. The van der Waals surface area contributed by atoms with Crippen molar-refractivity contribution < 1.29 is 21.7 Å². The maximum Gasteiger partial charge on any atom is 0.196 e. The minimum atomic E-state index is 0. The molecule has 0 aliphatic carbocycles. The van der Waals surface area contributed by atoms with E-state index >= 15 is 0 Å². The molecule has 0 atom stereocenters. The molecule has 0 bridgehead atoms. The first kappa shape index (κ1) is 10.6. The predicted octanol–water partition coefficient (Wildman–Crippen LogP) is -1.83. The number of rotatable bonds is 3. The number of aryl methyl sites for hydroxylation is 1. The van der Waals surface area contributed by atoms with Crippen molar-refractivity contribution in [1.29, 1.82) is 0 Å². The van der Waals surface area contributed by atoms with E-state index in [0.29, 0.717) is 0 Å². The van der Waals surface area contributed by atoms with Crippen LogP contribution in [0.2, 0.25) is 0 Å². The minimum Gasteiger partial charge on any atom is -1.00 e. The van der Waals surface area contributed by atoms with Crippen LogP contribution in [0, 0.1) is 0 Å². The van der Waals surface area contributed by atoms with E-state index in [0.717, 1.165) is 6.54 Å². The lowest BCUT2D eigenvalue weighted by Gasteiger charge is -1.88. The fourth-order valence-corrected chi connectivity index (χ4v) is 0.814. The molecule has 0 N–H and O–H groups in total. The Hall–Kier alpha value is -0.440. The number of unbranched alkanes of at least 4 members (excludes halogenated alkanes) is 1. The third kappa shape index (κ3) is 4.09. The largest absolute Gasteiger partial charge is 1.00 e. The average molecular weight is 217 g/mol. The summed E-state index contributed by atoms with van der Waals surface area (Å²) in [4.78, 5) is 0. The van der Waals surface area contributed by atoms with Gasteiger partial charge in [0.25, 0.3) is 0 Å². The number of nitrogens with zero attached hydrogens (tertiary/aromatic N) is 2. The molecule has 0 aliphatic rings. The van der Waals surface area contributed by atoms with Crippen LogP contribution in [-0.2, 0) is 6.54 Å². The average Bonchev–Trinajstić information content (AvgIpc) is 2.03. The SMILES string of the molecule is CCCC[n+]1ccccn1.[Br-]. The van der Waals surface area contributed by atoms with E-state index < -0.39 is 0 Å². The molecule has 3 heteroatoms. The van der Waals surface area contributed by atoms with Crippen LogP contribution >= 0.6 is 0 Å². The molecule has 0 fully saturated rings. The summed E-state index contributed by atoms with van der Waals surface area (Å²) in [7, 11) is 0. The molecule has 0 unspecified atom stereocenters. The lowest BCUT2D eigenvalue weighted by molar-refractivity contribution is -0.754. The zero-order chi connectivity index (χ0) is 7.23. The predicted molar refractivity (Wildman–Crippen MR) is 39.3 cm³/mol. The van der Waals surface area contributed by atoms with Gasteiger partial charge in [-0.2, -0.15) is 0 Å². The highest BCUT2D eigenvalue weighted by atomic mass is 79.9. The van der Waals surface area contributed by atoms with Gasteiger partial charge in [0.05, 0.1) is 6.20 Å². The molecule has 1 aromatic heterocycles. The van der Waals surface area contributed by atoms with Gasteiger partial charge < -0.3 is 17.0 Å². The molecule has 62 valence electrons. The standard InChI is InChI=1S/C8H13N2.BrH/c1-2-3-7-10-8-5-4-6-9-10;/h4-6,8H,2-3,7H2,1H3;1H/q+1;/p-1. The van der Waals surface area contributed by atoms with Gasteiger partial charge in [0, 0.05) is 12.5 Å². The van der Waals surface area contributed by atoms with Crippen molar-refractivity contribution in [2.24, 2.45) is 0 Å². The van der Waals surface area contributed by atoms with Crippen molar-refractivity contribution in [1.82, 2.24) is 5.10 Å². The van der Waals surface area contributed by atoms with Crippen molar-refractivity contribution in [3.8, 4) is 0 Å². The summed E-state index contributed by atoms with van der Waals surface area (Å²) in [6.45, 7) is 3.22. The second kappa shape index (κ2) is 6.28. The number of aromatic nitrogens is 2. The van der Waals surface area contributed by atoms with E-state index in [2.05, 4.69) is 12.0 Å². The van der Waals surface area contributed by atoms with E-state index in [1.54, 1.807) is 0 Å². The molecule has 1 aromatic rings. The first-order chi connectivity index (χ1) is 4.93. The third-order valence-electron chi connectivity index (χ3n) is 1.41. The van der Waals surface area contributed by atoms with E-state index in [1.807, 2.05) is 29.2 Å². The summed E-state index contributed by atoms with van der Waals surface area (Å²) < 4.78 is 1.96. The fourth-order valence-electron chi connectivity index (χ4n) is 0.814. The maximum atomic E-state index is 4.13. The summed E-state index contributed by atoms with van der Waals surface area (Å²) in [5, 5.41) is 4.13. The molecule has 0 radical (unpaired) electrons. The summed E-state index contributed by atoms with van der Waals surface area (Å²) >= 11 is 0. The van der Waals surface area contributed by atoms with Crippen LogP contribution in [0.3, 0.4) is 0 Å². The molecule has 0 aliphatic heterocycles. The molecule has 0 amide bonds. The Bertz CT molecular complexity index is 177. The normalized spacial score (nSPS) is 8.82. The van der Waals surface area contributed by atoms with E-state index in [1.165, 1.54) is 12.8 Å². The Morgan fingerprint density at radius 3 is 2.73 bits per heavy atom. The Kier molecular flexibility index (Phi) is 6.03. The van der Waals surface area contributed by atoms with Gasteiger partial charge in [-0.25, -0.2) is 0 Å². The van der Waals surface area contributed by atoms with Crippen LogP contribution in [0.1, 0.15) is 19.8 Å². The lowest BCUT2D eigenvalue weighted by atomic mass is 10.3. The topological polar surface area (TPSA) is 16.8 Å². The van der Waals surface area contributed by atoms with E-state index in [4.69, 9.17) is 0 Å². The summed E-state index contributed by atoms with van der Waals surface area (Å²) in [5.41, 5.74) is 0. The Morgan fingerprint density at radius 2 is 2.18 bits per heavy atom. The lowest BCUT2D eigenvalue weighted by Crippen LogP contribution is -3.00. The highest BCUT2D eigenvalue weighted by Gasteiger charge is 1.95. The van der Waals surface area contributed by atoms with Crippen molar-refractivity contribution in [3.63, 3.8) is 0 Å². The summed E-state index contributed by atoms with van der Waals surface area (Å²) in [6, 6.07) is 3.94. The maximum absolute atomic E-state index is 4.13. The summed E-state index contributed by atoms with van der Waals surface area (Å²) in [6.07, 6.45) is 6.25. The van der Waals surface area contributed by atoms with Crippen LogP contribution in [0.25, 0.3) is 0 Å². The van der Waals surface area contributed by atoms with Gasteiger partial charge in [0.15, 0.2) is 12.7 Å². The first-order valence-electron chi connectivity index (χ1n) is 3.74. The number of hydrogen-bond donors (Lipinski definition) is 0. The minimum absolute atomic E-state index is 0. The number of hydrogen-bond acceptors (Lipinski definition) is 1. The zero-order valence-corrected chi connectivity index (χ0v) is 8.29. The molecular weight excluding hydrogens is 204 g/mol. The Balaban J connectivity index is 0.000001000. The Labute approximate surface area is 78.0 Å². The quantitative estimate of drug-likeness (QED) is 0.544. The third-order valence-corrected chi connectivity index (χ3v) is 1.41. The highest BCUT2D eigenvalue weighted by molar-refractivity contribution is 4.76. The smallest absolute Gasteiger partial charge is 0.196 e. The molecule has 0 aromatic carbocycles. The zero-order valence-electron chi connectivity index (χ0n) is 6.70. The Morgan fingerprint density at radius 1 is 1.36 bits per heavy atom. The molecule has 1 rings (SSSR count). The van der Waals surface area contributed by atoms with Gasteiger partial charge in [-0.1, -0.05) is 18.0 Å². The second-order valence-corrected chi connectivity index (χ2v) is 2.32. The second-order valence-electron chi connectivity index (χ2n) is 2.32. The molecule has 1 heterocycles. The van der Waals surface area contributed by atoms with Crippen molar-refractivity contribution in [2.75, 3.05) is 0 Å². The van der Waals surface area contributed by atoms with Gasteiger partial charge in [-0.15, -0.1) is 0 Å². The van der Waals surface area contributed by atoms with Gasteiger partial charge in [-0.05, 0) is 11.2 Å². The van der Waals surface area contributed by atoms with Crippen molar-refractivity contribution >= 4 is 0 Å². The molecule has 0 saturated carbocycles. The fraction of sp³-hybridized carbons (Fsp3) is 0.500. The van der Waals surface area contributed by atoms with Crippen LogP contribution in [0.4, 0.5) is 0 Å². The monoisotopic (exact) mass is 216 g/mol. The molecule has 0 saturated heterocycles. The molecule has 2 nitrogen and oxygen atoms in total. The summed E-state index contributed by atoms with van der Waals surface area (Å²) in [5.74, 6) is 0. The molecule has 11 heavy (non-hydrogen) atoms. The van der Waals surface area contributed by atoms with Gasteiger partial charge in [0.2, 0.25) is 0 Å². The van der Waals surface area contributed by atoms with Crippen LogP contribution in [0.5, 0.6) is 0 Å². The highest BCUT2D eigenvalue weighted by Crippen LogP contribution is 1.83. The van der Waals surface area contributed by atoms with Gasteiger partial charge in [0.1, 0.15) is 0 Å². The van der Waals surface area contributed by atoms with E-state index in [-0.39, 0.29) is 17.0 Å². The van der Waals surface area contributed by atoms with Crippen molar-refractivity contribution in [3.05, 3.63) is 24.5 Å². The van der Waals surface area contributed by atoms with Crippen LogP contribution < -0.4 is 21.7 Å². The van der Waals surface area contributed by atoms with Crippen molar-refractivity contribution in [2.45, 2.75) is 26.3 Å². The van der Waals surface area contributed by atoms with Gasteiger partial charge >= 0.3 is 0 Å². The molecule has 0 spiro atoms.